The molecule has 0 aliphatic carbocycles. The minimum absolute atomic E-state index is 0.0872. The van der Waals surface area contributed by atoms with Crippen molar-refractivity contribution in [2.75, 3.05) is 20.1 Å². The fourth-order valence-electron chi connectivity index (χ4n) is 1.78. The monoisotopic (exact) mass is 425 g/mol. The third kappa shape index (κ3) is 16.5. The molecule has 0 unspecified atom stereocenters. The minimum atomic E-state index is -0.613. The Morgan fingerprint density at radius 1 is 1.21 bits per heavy atom. The molecular formula is C23H37F2N3S. The first kappa shape index (κ1) is 31.5. The normalized spacial score (nSPS) is 10.6. The van der Waals surface area contributed by atoms with Crippen LogP contribution in [-0.4, -0.2) is 20.1 Å². The van der Waals surface area contributed by atoms with E-state index in [2.05, 4.69) is 36.8 Å². The van der Waals surface area contributed by atoms with Crippen LogP contribution >= 0.6 is 12.6 Å². The van der Waals surface area contributed by atoms with Gasteiger partial charge >= 0.3 is 0 Å². The van der Waals surface area contributed by atoms with E-state index >= 15 is 0 Å². The Morgan fingerprint density at radius 3 is 2.10 bits per heavy atom. The molecule has 0 amide bonds. The van der Waals surface area contributed by atoms with Gasteiger partial charge in [-0.15, -0.1) is 12.6 Å². The van der Waals surface area contributed by atoms with E-state index in [1.165, 1.54) is 37.4 Å². The molecule has 0 atom stereocenters. The lowest BCUT2D eigenvalue weighted by Gasteiger charge is -2.11. The third-order valence-corrected chi connectivity index (χ3v) is 2.99. The van der Waals surface area contributed by atoms with Crippen LogP contribution < -0.4 is 16.8 Å². The van der Waals surface area contributed by atoms with E-state index in [4.69, 9.17) is 5.73 Å². The number of hydrogen-bond donors (Lipinski definition) is 4. The lowest BCUT2D eigenvalue weighted by atomic mass is 10.1. The highest BCUT2D eigenvalue weighted by Crippen LogP contribution is 2.19. The SMILES string of the molecule is C=C(C)/C=C(S)\C=C/C.C=C/C=C(\NCCN)c1c(F)cccc1F.CC.CN. The molecule has 0 heterocycles. The highest BCUT2D eigenvalue weighted by molar-refractivity contribution is 7.84. The van der Waals surface area contributed by atoms with Crippen molar-refractivity contribution in [3.8, 4) is 0 Å². The molecule has 5 N–H and O–H groups in total. The molecule has 0 fully saturated rings. The average molecular weight is 426 g/mol. The van der Waals surface area contributed by atoms with Gasteiger partial charge in [0.2, 0.25) is 0 Å². The van der Waals surface area contributed by atoms with Crippen molar-refractivity contribution in [3.05, 3.63) is 89.4 Å². The van der Waals surface area contributed by atoms with Crippen LogP contribution in [0.15, 0.2) is 72.2 Å². The van der Waals surface area contributed by atoms with Gasteiger partial charge in [-0.3, -0.25) is 0 Å². The maximum absolute atomic E-state index is 13.5. The molecule has 0 spiro atoms. The third-order valence-electron chi connectivity index (χ3n) is 2.71. The number of halogens is 2. The van der Waals surface area contributed by atoms with E-state index in [0.717, 1.165) is 10.5 Å². The summed E-state index contributed by atoms with van der Waals surface area (Å²) < 4.78 is 26.9. The molecule has 0 saturated carbocycles. The molecule has 29 heavy (non-hydrogen) atoms. The first-order valence-electron chi connectivity index (χ1n) is 9.35. The summed E-state index contributed by atoms with van der Waals surface area (Å²) in [5.41, 5.74) is 11.1. The minimum Gasteiger partial charge on any atom is -0.383 e. The predicted molar refractivity (Wildman–Crippen MR) is 130 cm³/mol. The van der Waals surface area contributed by atoms with Gasteiger partial charge in [0.25, 0.3) is 0 Å². The zero-order chi connectivity index (χ0) is 23.2. The van der Waals surface area contributed by atoms with Crippen LogP contribution in [0.25, 0.3) is 5.70 Å². The number of thiol groups is 1. The van der Waals surface area contributed by atoms with E-state index in [-0.39, 0.29) is 5.56 Å². The Bertz CT molecular complexity index is 646. The van der Waals surface area contributed by atoms with Crippen LogP contribution in [-0.2, 0) is 0 Å². The maximum atomic E-state index is 13.5. The number of benzene rings is 1. The van der Waals surface area contributed by atoms with Gasteiger partial charge in [-0.1, -0.05) is 56.9 Å². The number of nitrogens with two attached hydrogens (primary N) is 2. The summed E-state index contributed by atoms with van der Waals surface area (Å²) in [6.45, 7) is 15.9. The van der Waals surface area contributed by atoms with Gasteiger partial charge in [-0.05, 0) is 45.2 Å². The second kappa shape index (κ2) is 22.1. The molecule has 1 aromatic carbocycles. The zero-order valence-electron chi connectivity index (χ0n) is 18.3. The van der Waals surface area contributed by atoms with Crippen LogP contribution in [0.1, 0.15) is 33.3 Å². The molecule has 0 aromatic heterocycles. The van der Waals surface area contributed by atoms with Crippen molar-refractivity contribution in [2.24, 2.45) is 11.5 Å². The van der Waals surface area contributed by atoms with Crippen LogP contribution in [0.5, 0.6) is 0 Å². The van der Waals surface area contributed by atoms with Gasteiger partial charge in [0.1, 0.15) is 11.6 Å². The average Bonchev–Trinajstić information content (AvgIpc) is 2.69. The Labute approximate surface area is 181 Å². The fourth-order valence-corrected chi connectivity index (χ4v) is 2.15. The number of allylic oxidation sites excluding steroid dienone is 6. The van der Waals surface area contributed by atoms with Crippen LogP contribution in [0.3, 0.4) is 0 Å². The topological polar surface area (TPSA) is 64.1 Å². The molecule has 1 aromatic rings. The molecule has 0 radical (unpaired) electrons. The molecule has 1 rings (SSSR count). The summed E-state index contributed by atoms with van der Waals surface area (Å²) in [5.74, 6) is -1.23. The van der Waals surface area contributed by atoms with Crippen molar-refractivity contribution in [1.29, 1.82) is 0 Å². The van der Waals surface area contributed by atoms with Gasteiger partial charge in [-0.25, -0.2) is 8.78 Å². The summed E-state index contributed by atoms with van der Waals surface area (Å²) in [4.78, 5) is 0.949. The largest absolute Gasteiger partial charge is 0.383 e. The predicted octanol–water partition coefficient (Wildman–Crippen LogP) is 5.59. The van der Waals surface area contributed by atoms with Crippen LogP contribution in [0, 0.1) is 11.6 Å². The molecule has 0 aliphatic heterocycles. The van der Waals surface area contributed by atoms with E-state index in [9.17, 15) is 8.78 Å². The van der Waals surface area contributed by atoms with Crippen molar-refractivity contribution < 1.29 is 8.78 Å². The molecular weight excluding hydrogens is 388 g/mol. The Hall–Kier alpha value is -2.15. The number of hydrogen-bond acceptors (Lipinski definition) is 4. The summed E-state index contributed by atoms with van der Waals surface area (Å²) in [5, 5.41) is 2.85. The van der Waals surface area contributed by atoms with E-state index in [0.29, 0.717) is 18.8 Å². The highest BCUT2D eigenvalue weighted by Gasteiger charge is 2.12. The summed E-state index contributed by atoms with van der Waals surface area (Å²) >= 11 is 4.16. The van der Waals surface area contributed by atoms with Gasteiger partial charge in [0.15, 0.2) is 0 Å². The molecule has 6 heteroatoms. The maximum Gasteiger partial charge on any atom is 0.135 e. The van der Waals surface area contributed by atoms with Gasteiger partial charge in [-0.2, -0.15) is 0 Å². The number of rotatable bonds is 7. The highest BCUT2D eigenvalue weighted by atomic mass is 32.1. The summed E-state index contributed by atoms with van der Waals surface area (Å²) in [6.07, 6.45) is 8.77. The lowest BCUT2D eigenvalue weighted by Crippen LogP contribution is -2.22. The smallest absolute Gasteiger partial charge is 0.135 e. The second-order valence-corrected chi connectivity index (χ2v) is 5.56. The number of nitrogens with one attached hydrogen (secondary N) is 1. The Balaban J connectivity index is -0.000000443. The molecule has 0 aliphatic rings. The van der Waals surface area contributed by atoms with Gasteiger partial charge in [0.05, 0.1) is 5.56 Å². The summed E-state index contributed by atoms with van der Waals surface area (Å²) in [7, 11) is 1.50. The second-order valence-electron chi connectivity index (χ2n) is 5.04. The van der Waals surface area contributed by atoms with Gasteiger partial charge in [0, 0.05) is 23.7 Å². The van der Waals surface area contributed by atoms with Crippen LogP contribution in [0.2, 0.25) is 0 Å². The first-order valence-corrected chi connectivity index (χ1v) is 9.79. The first-order chi connectivity index (χ1) is 13.9. The van der Waals surface area contributed by atoms with E-state index in [1.54, 1.807) is 0 Å². The van der Waals surface area contributed by atoms with E-state index in [1.807, 2.05) is 45.9 Å². The molecule has 164 valence electrons. The van der Waals surface area contributed by atoms with Crippen molar-refractivity contribution in [2.45, 2.75) is 27.7 Å². The van der Waals surface area contributed by atoms with Crippen molar-refractivity contribution in [1.82, 2.24) is 5.32 Å². The molecule has 0 bridgehead atoms. The standard InChI is InChI=1S/C12H14F2N2.C8H12S.C2H6.CH5N/c1-2-4-11(16-8-7-15)12-9(13)5-3-6-10(12)14;1-4-5-8(9)6-7(2)3;2*1-2/h2-6,16H,1,7-8,15H2;4-6,9H,2H2,1,3H3;1-2H3;2H2,1H3/b11-4-;5-4-,8-6+;;. The Kier molecular flexibility index (Phi) is 24.1. The van der Waals surface area contributed by atoms with Crippen molar-refractivity contribution >= 4 is 18.3 Å². The van der Waals surface area contributed by atoms with Gasteiger partial charge < -0.3 is 16.8 Å². The molecule has 3 nitrogen and oxygen atoms in total. The van der Waals surface area contributed by atoms with Crippen molar-refractivity contribution in [3.63, 3.8) is 0 Å². The lowest BCUT2D eigenvalue weighted by molar-refractivity contribution is 0.574. The van der Waals surface area contributed by atoms with E-state index < -0.39 is 11.6 Å². The summed E-state index contributed by atoms with van der Waals surface area (Å²) in [6, 6.07) is 3.74. The Morgan fingerprint density at radius 2 is 1.72 bits per heavy atom. The quantitative estimate of drug-likeness (QED) is 0.340. The zero-order valence-corrected chi connectivity index (χ0v) is 19.2. The molecule has 0 saturated heterocycles. The van der Waals surface area contributed by atoms with Crippen LogP contribution in [0.4, 0.5) is 8.78 Å². The fraction of sp³-hybridized carbons (Fsp3) is 0.304.